The Morgan fingerprint density at radius 3 is 2.67 bits per heavy atom. The largest absolute Gasteiger partial charge is 0.478 e. The van der Waals surface area contributed by atoms with Gasteiger partial charge < -0.3 is 9.84 Å². The van der Waals surface area contributed by atoms with Crippen molar-refractivity contribution in [2.24, 2.45) is 0 Å². The highest BCUT2D eigenvalue weighted by Crippen LogP contribution is 2.21. The zero-order chi connectivity index (χ0) is 6.85. The molecule has 0 spiro atoms. The van der Waals surface area contributed by atoms with Crippen LogP contribution in [0, 0.1) is 0 Å². The second-order valence-electron chi connectivity index (χ2n) is 2.00. The predicted octanol–water partition coefficient (Wildman–Crippen LogP) is 0.414. The van der Waals surface area contributed by atoms with Crippen LogP contribution in [0.3, 0.4) is 0 Å². The standard InChI is InChI=1S/C6H8O3/c1-4-5(9-4)2-3-6(7)8/h2-5H,1H3,(H,7,8)/b3-2+. The van der Waals surface area contributed by atoms with E-state index in [0.29, 0.717) is 0 Å². The number of hydrogen-bond acceptors (Lipinski definition) is 2. The summed E-state index contributed by atoms with van der Waals surface area (Å²) in [7, 11) is 0. The van der Waals surface area contributed by atoms with E-state index in [1.54, 1.807) is 6.08 Å². The molecule has 9 heavy (non-hydrogen) atoms. The van der Waals surface area contributed by atoms with Crippen LogP contribution in [0.25, 0.3) is 0 Å². The Bertz CT molecular complexity index is 150. The molecule has 0 saturated carbocycles. The lowest BCUT2D eigenvalue weighted by Crippen LogP contribution is -1.89. The maximum atomic E-state index is 9.90. The van der Waals surface area contributed by atoms with Crippen molar-refractivity contribution in [3.05, 3.63) is 12.2 Å². The molecule has 50 valence electrons. The zero-order valence-corrected chi connectivity index (χ0v) is 5.07. The molecular weight excluding hydrogens is 120 g/mol. The zero-order valence-electron chi connectivity index (χ0n) is 5.07. The van der Waals surface area contributed by atoms with Gasteiger partial charge in [0.25, 0.3) is 0 Å². The van der Waals surface area contributed by atoms with Crippen LogP contribution >= 0.6 is 0 Å². The van der Waals surface area contributed by atoms with E-state index >= 15 is 0 Å². The van der Waals surface area contributed by atoms with Crippen LogP contribution in [0.2, 0.25) is 0 Å². The molecule has 3 nitrogen and oxygen atoms in total. The highest BCUT2D eigenvalue weighted by molar-refractivity contribution is 5.79. The first kappa shape index (κ1) is 6.29. The van der Waals surface area contributed by atoms with Crippen LogP contribution < -0.4 is 0 Å². The molecule has 1 aliphatic rings. The average molecular weight is 128 g/mol. The van der Waals surface area contributed by atoms with Crippen molar-refractivity contribution in [1.82, 2.24) is 0 Å². The highest BCUT2D eigenvalue weighted by Gasteiger charge is 2.31. The first-order valence-electron chi connectivity index (χ1n) is 2.77. The van der Waals surface area contributed by atoms with Crippen LogP contribution in [0.1, 0.15) is 6.92 Å². The Morgan fingerprint density at radius 2 is 2.33 bits per heavy atom. The van der Waals surface area contributed by atoms with Gasteiger partial charge in [0.15, 0.2) is 0 Å². The van der Waals surface area contributed by atoms with Gasteiger partial charge >= 0.3 is 5.97 Å². The lowest BCUT2D eigenvalue weighted by atomic mass is 10.3. The predicted molar refractivity (Wildman–Crippen MR) is 31.1 cm³/mol. The van der Waals surface area contributed by atoms with Crippen LogP contribution in [-0.4, -0.2) is 23.3 Å². The van der Waals surface area contributed by atoms with Crippen molar-refractivity contribution in [1.29, 1.82) is 0 Å². The second kappa shape index (κ2) is 2.19. The molecule has 1 saturated heterocycles. The number of ether oxygens (including phenoxy) is 1. The molecule has 0 amide bonds. The molecule has 1 rings (SSSR count). The van der Waals surface area contributed by atoms with E-state index in [1.165, 1.54) is 0 Å². The quantitative estimate of drug-likeness (QED) is 0.433. The number of rotatable bonds is 2. The molecular formula is C6H8O3. The number of aliphatic carboxylic acids is 1. The number of carboxylic acid groups (broad SMARTS) is 1. The Kier molecular flexibility index (Phi) is 1.53. The summed E-state index contributed by atoms with van der Waals surface area (Å²) in [6, 6.07) is 0. The normalized spacial score (nSPS) is 33.0. The maximum absolute atomic E-state index is 9.90. The molecule has 2 atom stereocenters. The third kappa shape index (κ3) is 1.85. The van der Waals surface area contributed by atoms with Crippen molar-refractivity contribution in [3.8, 4) is 0 Å². The topological polar surface area (TPSA) is 49.8 Å². The molecule has 1 heterocycles. The van der Waals surface area contributed by atoms with Gasteiger partial charge in [-0.1, -0.05) is 0 Å². The van der Waals surface area contributed by atoms with Crippen molar-refractivity contribution in [2.75, 3.05) is 0 Å². The van der Waals surface area contributed by atoms with Gasteiger partial charge in [0.1, 0.15) is 6.10 Å². The average Bonchev–Trinajstić information content (AvgIpc) is 2.42. The number of hydrogen-bond donors (Lipinski definition) is 1. The van der Waals surface area contributed by atoms with Gasteiger partial charge in [-0.3, -0.25) is 0 Å². The molecule has 2 unspecified atom stereocenters. The van der Waals surface area contributed by atoms with Crippen molar-refractivity contribution < 1.29 is 14.6 Å². The smallest absolute Gasteiger partial charge is 0.328 e. The Morgan fingerprint density at radius 1 is 1.78 bits per heavy atom. The van der Waals surface area contributed by atoms with Crippen molar-refractivity contribution >= 4 is 5.97 Å². The summed E-state index contributed by atoms with van der Waals surface area (Å²) < 4.78 is 4.92. The Labute approximate surface area is 52.9 Å². The molecule has 0 radical (unpaired) electrons. The monoisotopic (exact) mass is 128 g/mol. The van der Waals surface area contributed by atoms with E-state index in [0.717, 1.165) is 6.08 Å². The minimum absolute atomic E-state index is 0.0427. The van der Waals surface area contributed by atoms with Crippen molar-refractivity contribution in [2.45, 2.75) is 19.1 Å². The fraction of sp³-hybridized carbons (Fsp3) is 0.500. The summed E-state index contributed by atoms with van der Waals surface area (Å²) in [6.45, 7) is 1.90. The van der Waals surface area contributed by atoms with Gasteiger partial charge in [0.05, 0.1) is 6.10 Å². The molecule has 3 heteroatoms. The highest BCUT2D eigenvalue weighted by atomic mass is 16.6. The summed E-state index contributed by atoms with van der Waals surface area (Å²) in [6.07, 6.45) is 2.91. The number of carbonyl (C=O) groups is 1. The first-order chi connectivity index (χ1) is 4.20. The summed E-state index contributed by atoms with van der Waals surface area (Å²) >= 11 is 0. The fourth-order valence-corrected chi connectivity index (χ4v) is 0.581. The maximum Gasteiger partial charge on any atom is 0.328 e. The Balaban J connectivity index is 2.25. The molecule has 1 fully saturated rings. The summed E-state index contributed by atoms with van der Waals surface area (Å²) in [5, 5.41) is 8.13. The lowest BCUT2D eigenvalue weighted by molar-refractivity contribution is -0.131. The van der Waals surface area contributed by atoms with Gasteiger partial charge in [-0.2, -0.15) is 0 Å². The van der Waals surface area contributed by atoms with Gasteiger partial charge in [-0.15, -0.1) is 0 Å². The molecule has 0 aromatic heterocycles. The van der Waals surface area contributed by atoms with E-state index in [2.05, 4.69) is 0 Å². The van der Waals surface area contributed by atoms with Crippen LogP contribution in [0.4, 0.5) is 0 Å². The third-order valence-corrected chi connectivity index (χ3v) is 1.19. The lowest BCUT2D eigenvalue weighted by Gasteiger charge is -1.75. The van der Waals surface area contributed by atoms with Gasteiger partial charge in [-0.05, 0) is 13.0 Å². The molecule has 0 bridgehead atoms. The third-order valence-electron chi connectivity index (χ3n) is 1.19. The summed E-state index contributed by atoms with van der Waals surface area (Å²) in [5.41, 5.74) is 0. The van der Waals surface area contributed by atoms with E-state index in [9.17, 15) is 4.79 Å². The van der Waals surface area contributed by atoms with E-state index in [1.807, 2.05) is 6.92 Å². The van der Waals surface area contributed by atoms with Crippen LogP contribution in [-0.2, 0) is 9.53 Å². The fourth-order valence-electron chi connectivity index (χ4n) is 0.581. The number of carboxylic acids is 1. The SMILES string of the molecule is CC1OC1/C=C/C(=O)O. The molecule has 0 aliphatic carbocycles. The van der Waals surface area contributed by atoms with Crippen molar-refractivity contribution in [3.63, 3.8) is 0 Å². The first-order valence-corrected chi connectivity index (χ1v) is 2.77. The summed E-state index contributed by atoms with van der Waals surface area (Å²) in [4.78, 5) is 9.90. The molecule has 1 aliphatic heterocycles. The van der Waals surface area contributed by atoms with Gasteiger partial charge in [-0.25, -0.2) is 4.79 Å². The summed E-state index contributed by atoms with van der Waals surface area (Å²) in [5.74, 6) is -0.919. The van der Waals surface area contributed by atoms with Crippen LogP contribution in [0.15, 0.2) is 12.2 Å². The molecule has 1 N–H and O–H groups in total. The van der Waals surface area contributed by atoms with E-state index in [-0.39, 0.29) is 12.2 Å². The molecule has 0 aromatic carbocycles. The van der Waals surface area contributed by atoms with Gasteiger partial charge in [0, 0.05) is 6.08 Å². The van der Waals surface area contributed by atoms with Crippen LogP contribution in [0.5, 0.6) is 0 Å². The Hall–Kier alpha value is -0.830. The number of epoxide rings is 1. The second-order valence-corrected chi connectivity index (χ2v) is 2.00. The minimum atomic E-state index is -0.919. The molecule has 0 aromatic rings. The van der Waals surface area contributed by atoms with E-state index in [4.69, 9.17) is 9.84 Å². The minimum Gasteiger partial charge on any atom is -0.478 e. The van der Waals surface area contributed by atoms with Gasteiger partial charge in [0.2, 0.25) is 0 Å². The van der Waals surface area contributed by atoms with E-state index < -0.39 is 5.97 Å².